The molecule has 0 saturated heterocycles. The summed E-state index contributed by atoms with van der Waals surface area (Å²) in [4.78, 5) is 24.9. The molecule has 0 bridgehead atoms. The molecule has 0 unspecified atom stereocenters. The van der Waals surface area contributed by atoms with Gasteiger partial charge in [-0.2, -0.15) is 0 Å². The number of hydrogen-bond acceptors (Lipinski definition) is 3. The highest BCUT2D eigenvalue weighted by atomic mass is 35.5. The summed E-state index contributed by atoms with van der Waals surface area (Å²) < 4.78 is 0. The quantitative estimate of drug-likeness (QED) is 0.587. The van der Waals surface area contributed by atoms with Crippen molar-refractivity contribution in [2.75, 3.05) is 18.8 Å². The van der Waals surface area contributed by atoms with Gasteiger partial charge in [-0.25, -0.2) is 0 Å². The molecule has 0 heterocycles. The van der Waals surface area contributed by atoms with Crippen LogP contribution in [0.2, 0.25) is 5.02 Å². The van der Waals surface area contributed by atoms with E-state index in [0.717, 1.165) is 5.75 Å². The maximum atomic E-state index is 11.9. The zero-order chi connectivity index (χ0) is 17.4. The molecule has 0 radical (unpaired) electrons. The maximum Gasteiger partial charge on any atom is 0.253 e. The third-order valence-electron chi connectivity index (χ3n) is 3.24. The molecule has 0 aromatic heterocycles. The molecule has 24 heavy (non-hydrogen) atoms. The van der Waals surface area contributed by atoms with Crippen LogP contribution in [0.15, 0.2) is 53.4 Å². The largest absolute Gasteiger partial charge is 0.354 e. The summed E-state index contributed by atoms with van der Waals surface area (Å²) in [5.41, 5.74) is 1.59. The number of aryl methyl sites for hydroxylation is 1. The van der Waals surface area contributed by atoms with Gasteiger partial charge in [0.2, 0.25) is 5.91 Å². The second-order valence-electron chi connectivity index (χ2n) is 5.17. The molecule has 0 aliphatic rings. The molecular weight excluding hydrogens is 344 g/mol. The molecule has 6 heteroatoms. The zero-order valence-corrected chi connectivity index (χ0v) is 14.9. The van der Waals surface area contributed by atoms with Gasteiger partial charge >= 0.3 is 0 Å². The number of carbonyl (C=O) groups excluding carboxylic acids is 2. The lowest BCUT2D eigenvalue weighted by molar-refractivity contribution is -0.120. The molecule has 2 N–H and O–H groups in total. The molecule has 2 aromatic carbocycles. The van der Waals surface area contributed by atoms with Crippen LogP contribution in [0, 0.1) is 6.92 Å². The van der Waals surface area contributed by atoms with Crippen LogP contribution in [-0.4, -0.2) is 30.7 Å². The minimum absolute atomic E-state index is 0.0702. The SMILES string of the molecule is Cc1ccc(SCCNC(=O)CNC(=O)c2ccccc2Cl)cc1. The van der Waals surface area contributed by atoms with E-state index < -0.39 is 0 Å². The van der Waals surface area contributed by atoms with Crippen LogP contribution in [-0.2, 0) is 4.79 Å². The Morgan fingerprint density at radius 1 is 1.04 bits per heavy atom. The molecule has 126 valence electrons. The van der Waals surface area contributed by atoms with Gasteiger partial charge in [-0.05, 0) is 31.2 Å². The van der Waals surface area contributed by atoms with Gasteiger partial charge in [0.15, 0.2) is 0 Å². The van der Waals surface area contributed by atoms with Crippen LogP contribution in [0.5, 0.6) is 0 Å². The summed E-state index contributed by atoms with van der Waals surface area (Å²) in [6.45, 7) is 2.52. The van der Waals surface area contributed by atoms with Crippen LogP contribution in [0.3, 0.4) is 0 Å². The van der Waals surface area contributed by atoms with Crippen molar-refractivity contribution in [3.8, 4) is 0 Å². The Morgan fingerprint density at radius 2 is 1.75 bits per heavy atom. The first-order valence-corrected chi connectivity index (χ1v) is 8.91. The molecule has 0 aliphatic carbocycles. The van der Waals surface area contributed by atoms with E-state index in [-0.39, 0.29) is 18.4 Å². The van der Waals surface area contributed by atoms with Crippen molar-refractivity contribution in [2.24, 2.45) is 0 Å². The van der Waals surface area contributed by atoms with Crippen molar-refractivity contribution in [3.05, 3.63) is 64.7 Å². The summed E-state index contributed by atoms with van der Waals surface area (Å²) in [6.07, 6.45) is 0. The van der Waals surface area contributed by atoms with E-state index in [9.17, 15) is 9.59 Å². The van der Waals surface area contributed by atoms with Crippen molar-refractivity contribution in [3.63, 3.8) is 0 Å². The summed E-state index contributed by atoms with van der Waals surface area (Å²) in [5, 5.41) is 5.71. The van der Waals surface area contributed by atoms with Crippen LogP contribution < -0.4 is 10.6 Å². The average Bonchev–Trinajstić information content (AvgIpc) is 2.58. The van der Waals surface area contributed by atoms with E-state index in [1.54, 1.807) is 36.0 Å². The number of rotatable bonds is 7. The lowest BCUT2D eigenvalue weighted by Crippen LogP contribution is -2.37. The first-order valence-electron chi connectivity index (χ1n) is 7.55. The molecular formula is C18H19ClN2O2S. The summed E-state index contributed by atoms with van der Waals surface area (Å²) >= 11 is 7.62. The number of carbonyl (C=O) groups is 2. The van der Waals surface area contributed by atoms with Crippen molar-refractivity contribution in [1.29, 1.82) is 0 Å². The molecule has 2 aromatic rings. The van der Waals surface area contributed by atoms with Crippen LogP contribution in [0.4, 0.5) is 0 Å². The summed E-state index contributed by atoms with van der Waals surface area (Å²) in [5.74, 6) is 0.192. The number of nitrogens with one attached hydrogen (secondary N) is 2. The highest BCUT2D eigenvalue weighted by Crippen LogP contribution is 2.17. The van der Waals surface area contributed by atoms with E-state index in [2.05, 4.69) is 34.9 Å². The normalized spacial score (nSPS) is 10.2. The minimum Gasteiger partial charge on any atom is -0.354 e. The van der Waals surface area contributed by atoms with E-state index in [0.29, 0.717) is 17.1 Å². The van der Waals surface area contributed by atoms with Crippen molar-refractivity contribution < 1.29 is 9.59 Å². The predicted octanol–water partition coefficient (Wildman–Crippen LogP) is 3.29. The topological polar surface area (TPSA) is 58.2 Å². The van der Waals surface area contributed by atoms with Gasteiger partial charge in [0.1, 0.15) is 0 Å². The van der Waals surface area contributed by atoms with Gasteiger partial charge < -0.3 is 10.6 Å². The number of hydrogen-bond donors (Lipinski definition) is 2. The predicted molar refractivity (Wildman–Crippen MR) is 98.7 cm³/mol. The molecule has 2 amide bonds. The summed E-state index contributed by atoms with van der Waals surface area (Å²) in [6, 6.07) is 15.0. The van der Waals surface area contributed by atoms with E-state index >= 15 is 0 Å². The van der Waals surface area contributed by atoms with Gasteiger partial charge in [0.05, 0.1) is 17.1 Å². The third kappa shape index (κ3) is 5.91. The smallest absolute Gasteiger partial charge is 0.253 e. The number of halogens is 1. The molecule has 0 spiro atoms. The van der Waals surface area contributed by atoms with Gasteiger partial charge in [-0.1, -0.05) is 41.4 Å². The Balaban J connectivity index is 1.65. The van der Waals surface area contributed by atoms with Gasteiger partial charge in [-0.15, -0.1) is 11.8 Å². The number of thioether (sulfide) groups is 1. The Bertz CT molecular complexity index is 704. The Kier molecular flexibility index (Phi) is 7.15. The fourth-order valence-electron chi connectivity index (χ4n) is 1.96. The zero-order valence-electron chi connectivity index (χ0n) is 13.3. The number of benzene rings is 2. The van der Waals surface area contributed by atoms with Crippen LogP contribution in [0.25, 0.3) is 0 Å². The minimum atomic E-state index is -0.357. The van der Waals surface area contributed by atoms with E-state index in [1.807, 2.05) is 6.92 Å². The highest BCUT2D eigenvalue weighted by Gasteiger charge is 2.10. The lowest BCUT2D eigenvalue weighted by Gasteiger charge is -2.08. The monoisotopic (exact) mass is 362 g/mol. The van der Waals surface area contributed by atoms with Gasteiger partial charge in [-0.3, -0.25) is 9.59 Å². The highest BCUT2D eigenvalue weighted by molar-refractivity contribution is 7.99. The molecule has 0 fully saturated rings. The van der Waals surface area contributed by atoms with Crippen molar-refractivity contribution >= 4 is 35.2 Å². The Hall–Kier alpha value is -1.98. The second kappa shape index (κ2) is 9.35. The molecule has 0 atom stereocenters. The molecule has 4 nitrogen and oxygen atoms in total. The molecule has 0 saturated carbocycles. The third-order valence-corrected chi connectivity index (χ3v) is 4.59. The van der Waals surface area contributed by atoms with Crippen LogP contribution >= 0.6 is 23.4 Å². The van der Waals surface area contributed by atoms with E-state index in [1.165, 1.54) is 10.5 Å². The van der Waals surface area contributed by atoms with Gasteiger partial charge in [0.25, 0.3) is 5.91 Å². The van der Waals surface area contributed by atoms with Crippen molar-refractivity contribution in [2.45, 2.75) is 11.8 Å². The first-order chi connectivity index (χ1) is 11.6. The molecule has 0 aliphatic heterocycles. The van der Waals surface area contributed by atoms with Crippen LogP contribution in [0.1, 0.15) is 15.9 Å². The Morgan fingerprint density at radius 3 is 2.46 bits per heavy atom. The van der Waals surface area contributed by atoms with Gasteiger partial charge in [0, 0.05) is 17.2 Å². The first kappa shape index (κ1) is 18.4. The fourth-order valence-corrected chi connectivity index (χ4v) is 2.95. The standard InChI is InChI=1S/C18H19ClN2O2S/c1-13-6-8-14(9-7-13)24-11-10-20-17(22)12-21-18(23)15-4-2-3-5-16(15)19/h2-9H,10-12H2,1H3,(H,20,22)(H,21,23). The van der Waals surface area contributed by atoms with E-state index in [4.69, 9.17) is 11.6 Å². The summed E-state index contributed by atoms with van der Waals surface area (Å²) in [7, 11) is 0. The number of amides is 2. The fraction of sp³-hybridized carbons (Fsp3) is 0.222. The lowest BCUT2D eigenvalue weighted by atomic mass is 10.2. The molecule has 2 rings (SSSR count). The Labute approximate surface area is 151 Å². The second-order valence-corrected chi connectivity index (χ2v) is 6.75. The maximum absolute atomic E-state index is 11.9. The average molecular weight is 363 g/mol. The van der Waals surface area contributed by atoms with Crippen molar-refractivity contribution in [1.82, 2.24) is 10.6 Å².